The average Bonchev–Trinajstić information content (AvgIpc) is 2.05. The maximum atomic E-state index is 9.72. The summed E-state index contributed by atoms with van der Waals surface area (Å²) in [7, 11) is 0. The standard InChI is InChI=1S/C11H20O/c1-3-5-11(12)10-7-4-6-9(2)8-10/h3,9-12H,1,4-8H2,2H3. The van der Waals surface area contributed by atoms with Crippen LogP contribution >= 0.6 is 0 Å². The molecule has 0 spiro atoms. The predicted octanol–water partition coefficient (Wildman–Crippen LogP) is 2.75. The highest BCUT2D eigenvalue weighted by atomic mass is 16.3. The van der Waals surface area contributed by atoms with E-state index >= 15 is 0 Å². The van der Waals surface area contributed by atoms with Crippen LogP contribution in [0.1, 0.15) is 39.0 Å². The minimum absolute atomic E-state index is 0.134. The molecule has 1 nitrogen and oxygen atoms in total. The van der Waals surface area contributed by atoms with E-state index in [9.17, 15) is 5.11 Å². The first kappa shape index (κ1) is 9.79. The summed E-state index contributed by atoms with van der Waals surface area (Å²) in [6.07, 6.45) is 7.50. The summed E-state index contributed by atoms with van der Waals surface area (Å²) < 4.78 is 0. The fourth-order valence-electron chi connectivity index (χ4n) is 2.19. The second-order valence-electron chi connectivity index (χ2n) is 4.12. The molecule has 1 saturated carbocycles. The molecular formula is C11H20O. The average molecular weight is 168 g/mol. The number of aliphatic hydroxyl groups is 1. The van der Waals surface area contributed by atoms with E-state index in [4.69, 9.17) is 0 Å². The van der Waals surface area contributed by atoms with Gasteiger partial charge < -0.3 is 5.11 Å². The monoisotopic (exact) mass is 168 g/mol. The van der Waals surface area contributed by atoms with Crippen molar-refractivity contribution >= 4 is 0 Å². The van der Waals surface area contributed by atoms with Gasteiger partial charge in [0, 0.05) is 0 Å². The molecule has 0 aromatic heterocycles. The second-order valence-corrected chi connectivity index (χ2v) is 4.12. The Hall–Kier alpha value is -0.300. The van der Waals surface area contributed by atoms with E-state index in [1.54, 1.807) is 0 Å². The summed E-state index contributed by atoms with van der Waals surface area (Å²) in [6, 6.07) is 0. The molecule has 0 aromatic carbocycles. The molecule has 0 saturated heterocycles. The third-order valence-corrected chi connectivity index (χ3v) is 2.93. The Bertz CT molecular complexity index is 142. The van der Waals surface area contributed by atoms with Gasteiger partial charge in [-0.15, -0.1) is 6.58 Å². The van der Waals surface area contributed by atoms with Gasteiger partial charge in [-0.1, -0.05) is 25.8 Å². The first-order chi connectivity index (χ1) is 5.74. The minimum atomic E-state index is -0.134. The quantitative estimate of drug-likeness (QED) is 0.642. The van der Waals surface area contributed by atoms with Gasteiger partial charge in [0.15, 0.2) is 0 Å². The molecule has 12 heavy (non-hydrogen) atoms. The molecule has 1 N–H and O–H groups in total. The van der Waals surface area contributed by atoms with Crippen molar-refractivity contribution in [1.29, 1.82) is 0 Å². The third-order valence-electron chi connectivity index (χ3n) is 2.93. The van der Waals surface area contributed by atoms with Crippen LogP contribution in [0.2, 0.25) is 0 Å². The Morgan fingerprint density at radius 2 is 2.33 bits per heavy atom. The van der Waals surface area contributed by atoms with Crippen LogP contribution in [-0.4, -0.2) is 11.2 Å². The minimum Gasteiger partial charge on any atom is -0.393 e. The van der Waals surface area contributed by atoms with E-state index in [1.165, 1.54) is 25.7 Å². The van der Waals surface area contributed by atoms with Gasteiger partial charge in [0.25, 0.3) is 0 Å². The van der Waals surface area contributed by atoms with Gasteiger partial charge in [-0.25, -0.2) is 0 Å². The van der Waals surface area contributed by atoms with Crippen LogP contribution in [0.5, 0.6) is 0 Å². The smallest absolute Gasteiger partial charge is 0.0602 e. The SMILES string of the molecule is C=CCC(O)C1CCCC(C)C1. The summed E-state index contributed by atoms with van der Waals surface area (Å²) in [4.78, 5) is 0. The molecule has 3 unspecified atom stereocenters. The van der Waals surface area contributed by atoms with Crippen molar-refractivity contribution in [3.05, 3.63) is 12.7 Å². The lowest BCUT2D eigenvalue weighted by Crippen LogP contribution is -2.25. The summed E-state index contributed by atoms with van der Waals surface area (Å²) in [5.74, 6) is 1.34. The van der Waals surface area contributed by atoms with Crippen LogP contribution in [0, 0.1) is 11.8 Å². The highest BCUT2D eigenvalue weighted by Crippen LogP contribution is 2.31. The van der Waals surface area contributed by atoms with E-state index in [1.807, 2.05) is 6.08 Å². The Kier molecular flexibility index (Phi) is 3.80. The summed E-state index contributed by atoms with van der Waals surface area (Å²) in [6.45, 7) is 5.94. The van der Waals surface area contributed by atoms with Crippen LogP contribution in [0.25, 0.3) is 0 Å². The van der Waals surface area contributed by atoms with Gasteiger partial charge in [-0.2, -0.15) is 0 Å². The van der Waals surface area contributed by atoms with E-state index in [2.05, 4.69) is 13.5 Å². The molecule has 0 aromatic rings. The Labute approximate surface area is 75.5 Å². The van der Waals surface area contributed by atoms with Crippen LogP contribution < -0.4 is 0 Å². The molecular weight excluding hydrogens is 148 g/mol. The second kappa shape index (κ2) is 4.66. The molecule has 3 atom stereocenters. The lowest BCUT2D eigenvalue weighted by atomic mass is 9.79. The summed E-state index contributed by atoms with van der Waals surface area (Å²) in [5.41, 5.74) is 0. The zero-order valence-corrected chi connectivity index (χ0v) is 8.00. The van der Waals surface area contributed by atoms with Crippen molar-refractivity contribution < 1.29 is 5.11 Å². The maximum absolute atomic E-state index is 9.72. The molecule has 1 aliphatic carbocycles. The van der Waals surface area contributed by atoms with Crippen LogP contribution in [0.4, 0.5) is 0 Å². The Balaban J connectivity index is 2.34. The van der Waals surface area contributed by atoms with Crippen molar-refractivity contribution in [2.75, 3.05) is 0 Å². The van der Waals surface area contributed by atoms with Gasteiger partial charge in [0.2, 0.25) is 0 Å². The molecule has 1 fully saturated rings. The highest BCUT2D eigenvalue weighted by Gasteiger charge is 2.23. The van der Waals surface area contributed by atoms with E-state index < -0.39 is 0 Å². The number of hydrogen-bond acceptors (Lipinski definition) is 1. The van der Waals surface area contributed by atoms with Gasteiger partial charge in [-0.05, 0) is 31.1 Å². The number of rotatable bonds is 3. The van der Waals surface area contributed by atoms with Gasteiger partial charge in [0.1, 0.15) is 0 Å². The maximum Gasteiger partial charge on any atom is 0.0602 e. The van der Waals surface area contributed by atoms with Gasteiger partial charge in [-0.3, -0.25) is 0 Å². The largest absolute Gasteiger partial charge is 0.393 e. The normalized spacial score (nSPS) is 32.8. The van der Waals surface area contributed by atoms with E-state index in [0.717, 1.165) is 12.3 Å². The van der Waals surface area contributed by atoms with Crippen molar-refractivity contribution in [2.45, 2.75) is 45.1 Å². The van der Waals surface area contributed by atoms with Crippen LogP contribution in [0.15, 0.2) is 12.7 Å². The summed E-state index contributed by atoms with van der Waals surface area (Å²) >= 11 is 0. The molecule has 0 amide bonds. The van der Waals surface area contributed by atoms with Crippen molar-refractivity contribution in [3.8, 4) is 0 Å². The molecule has 0 radical (unpaired) electrons. The first-order valence-corrected chi connectivity index (χ1v) is 5.03. The molecule has 0 aliphatic heterocycles. The zero-order valence-electron chi connectivity index (χ0n) is 8.00. The molecule has 1 aliphatic rings. The fourth-order valence-corrected chi connectivity index (χ4v) is 2.19. The molecule has 0 heterocycles. The zero-order chi connectivity index (χ0) is 8.97. The van der Waals surface area contributed by atoms with E-state index in [-0.39, 0.29) is 6.10 Å². The lowest BCUT2D eigenvalue weighted by molar-refractivity contribution is 0.0742. The third kappa shape index (κ3) is 2.63. The lowest BCUT2D eigenvalue weighted by Gasteiger charge is -2.29. The molecule has 0 bridgehead atoms. The van der Waals surface area contributed by atoms with Gasteiger partial charge in [0.05, 0.1) is 6.10 Å². The molecule has 1 rings (SSSR count). The van der Waals surface area contributed by atoms with Crippen LogP contribution in [0.3, 0.4) is 0 Å². The fraction of sp³-hybridized carbons (Fsp3) is 0.818. The molecule has 70 valence electrons. The topological polar surface area (TPSA) is 20.2 Å². The van der Waals surface area contributed by atoms with Gasteiger partial charge >= 0.3 is 0 Å². The van der Waals surface area contributed by atoms with Crippen molar-refractivity contribution in [2.24, 2.45) is 11.8 Å². The molecule has 1 heteroatoms. The summed E-state index contributed by atoms with van der Waals surface area (Å²) in [5, 5.41) is 9.72. The van der Waals surface area contributed by atoms with Crippen LogP contribution in [-0.2, 0) is 0 Å². The van der Waals surface area contributed by atoms with Crippen molar-refractivity contribution in [1.82, 2.24) is 0 Å². The number of hydrogen-bond donors (Lipinski definition) is 1. The van der Waals surface area contributed by atoms with E-state index in [0.29, 0.717) is 5.92 Å². The van der Waals surface area contributed by atoms with Crippen molar-refractivity contribution in [3.63, 3.8) is 0 Å². The Morgan fingerprint density at radius 3 is 2.92 bits per heavy atom. The first-order valence-electron chi connectivity index (χ1n) is 5.03. The number of aliphatic hydroxyl groups excluding tert-OH is 1. The Morgan fingerprint density at radius 1 is 1.58 bits per heavy atom. The highest BCUT2D eigenvalue weighted by molar-refractivity contribution is 4.81. The predicted molar refractivity (Wildman–Crippen MR) is 51.9 cm³/mol.